The normalized spacial score (nSPS) is 14.5. The quantitative estimate of drug-likeness (QED) is 0.453. The van der Waals surface area contributed by atoms with Crippen molar-refractivity contribution < 1.29 is 13.2 Å². The van der Waals surface area contributed by atoms with Crippen LogP contribution in [-0.4, -0.2) is 16.6 Å². The topological polar surface area (TPSA) is 60.1 Å². The van der Waals surface area contributed by atoms with Crippen LogP contribution in [0.3, 0.4) is 0 Å². The third-order valence-corrected chi connectivity index (χ3v) is 6.33. The fraction of sp³-hybridized carbons (Fsp3) is 0.231. The number of pyridine rings is 1. The molecule has 0 bridgehead atoms. The van der Waals surface area contributed by atoms with Crippen LogP contribution in [0.25, 0.3) is 28.3 Å². The van der Waals surface area contributed by atoms with Crippen LogP contribution < -0.4 is 10.9 Å². The van der Waals surface area contributed by atoms with Gasteiger partial charge in [0.1, 0.15) is 5.69 Å². The average Bonchev–Trinajstić information content (AvgIpc) is 3.48. The van der Waals surface area contributed by atoms with Crippen molar-refractivity contribution in [3.63, 3.8) is 0 Å². The van der Waals surface area contributed by atoms with Gasteiger partial charge in [0.15, 0.2) is 17.4 Å². The summed E-state index contributed by atoms with van der Waals surface area (Å²) < 4.78 is 36.4. The number of benzene rings is 2. The van der Waals surface area contributed by atoms with Crippen molar-refractivity contribution in [2.75, 3.05) is 7.05 Å². The SMILES string of the molecule is CNC1(c2nc(-c3ccc(=O)n(-c4c(C)cccc4C)c3)c(-c3cccc(F)c3F)o2)CC1. The van der Waals surface area contributed by atoms with Crippen LogP contribution in [0, 0.1) is 25.5 Å². The van der Waals surface area contributed by atoms with Gasteiger partial charge in [0.2, 0.25) is 5.89 Å². The van der Waals surface area contributed by atoms with Gasteiger partial charge in [-0.15, -0.1) is 0 Å². The highest BCUT2D eigenvalue weighted by Crippen LogP contribution is 2.47. The molecule has 2 aromatic heterocycles. The molecule has 1 aliphatic rings. The molecule has 1 saturated carbocycles. The fourth-order valence-corrected chi connectivity index (χ4v) is 4.27. The molecule has 0 aliphatic heterocycles. The van der Waals surface area contributed by atoms with Gasteiger partial charge >= 0.3 is 0 Å². The number of aromatic nitrogens is 2. The summed E-state index contributed by atoms with van der Waals surface area (Å²) in [6.07, 6.45) is 3.34. The third-order valence-electron chi connectivity index (χ3n) is 6.33. The predicted molar refractivity (Wildman–Crippen MR) is 122 cm³/mol. The van der Waals surface area contributed by atoms with Gasteiger partial charge in [-0.1, -0.05) is 24.3 Å². The van der Waals surface area contributed by atoms with Gasteiger partial charge in [-0.25, -0.2) is 13.8 Å². The minimum atomic E-state index is -1.00. The third kappa shape index (κ3) is 3.49. The average molecular weight is 447 g/mol. The highest BCUT2D eigenvalue weighted by molar-refractivity contribution is 5.77. The number of para-hydroxylation sites is 1. The van der Waals surface area contributed by atoms with E-state index >= 15 is 0 Å². The van der Waals surface area contributed by atoms with Gasteiger partial charge in [0, 0.05) is 17.8 Å². The highest BCUT2D eigenvalue weighted by Gasteiger charge is 2.48. The number of nitrogens with zero attached hydrogens (tertiary/aromatic N) is 2. The van der Waals surface area contributed by atoms with Crippen LogP contribution in [0.4, 0.5) is 8.78 Å². The smallest absolute Gasteiger partial charge is 0.255 e. The van der Waals surface area contributed by atoms with Crippen molar-refractivity contribution in [2.45, 2.75) is 32.2 Å². The first-order valence-electron chi connectivity index (χ1n) is 10.8. The molecule has 168 valence electrons. The zero-order valence-corrected chi connectivity index (χ0v) is 18.6. The predicted octanol–water partition coefficient (Wildman–Crippen LogP) is 5.26. The lowest BCUT2D eigenvalue weighted by atomic mass is 10.1. The zero-order valence-electron chi connectivity index (χ0n) is 18.6. The van der Waals surface area contributed by atoms with Gasteiger partial charge < -0.3 is 9.73 Å². The van der Waals surface area contributed by atoms with Crippen molar-refractivity contribution in [1.29, 1.82) is 0 Å². The van der Waals surface area contributed by atoms with Gasteiger partial charge in [0.05, 0.1) is 16.8 Å². The Morgan fingerprint density at radius 3 is 2.39 bits per heavy atom. The van der Waals surface area contributed by atoms with Crippen LogP contribution in [0.1, 0.15) is 29.9 Å². The molecule has 2 aromatic carbocycles. The molecule has 1 aliphatic carbocycles. The van der Waals surface area contributed by atoms with E-state index in [2.05, 4.69) is 5.32 Å². The fourth-order valence-electron chi connectivity index (χ4n) is 4.27. The maximum absolute atomic E-state index is 14.8. The van der Waals surface area contributed by atoms with Gasteiger partial charge in [-0.3, -0.25) is 9.36 Å². The summed E-state index contributed by atoms with van der Waals surface area (Å²) >= 11 is 0. The first kappa shape index (κ1) is 21.3. The van der Waals surface area contributed by atoms with E-state index in [1.807, 2.05) is 39.1 Å². The summed E-state index contributed by atoms with van der Waals surface area (Å²) in [4.78, 5) is 17.5. The Balaban J connectivity index is 1.75. The van der Waals surface area contributed by atoms with E-state index in [-0.39, 0.29) is 16.9 Å². The number of hydrogen-bond donors (Lipinski definition) is 1. The molecule has 4 aromatic rings. The van der Waals surface area contributed by atoms with E-state index in [4.69, 9.17) is 9.40 Å². The standard InChI is InChI=1S/C26H23F2N3O2/c1-15-6-4-7-16(2)23(15)31-14-17(10-11-20(31)32)22-24(18-8-5-9-19(27)21(18)28)33-25(30-22)26(29-3)12-13-26/h4-11,14,29H,12-13H2,1-3H3. The van der Waals surface area contributed by atoms with Crippen molar-refractivity contribution >= 4 is 0 Å². The van der Waals surface area contributed by atoms with Crippen molar-refractivity contribution in [3.8, 4) is 28.3 Å². The maximum atomic E-state index is 14.8. The van der Waals surface area contributed by atoms with Crippen LogP contribution in [0.15, 0.2) is 63.9 Å². The highest BCUT2D eigenvalue weighted by atomic mass is 19.2. The minimum absolute atomic E-state index is 0.0134. The van der Waals surface area contributed by atoms with E-state index in [0.717, 1.165) is 35.7 Å². The molecule has 0 radical (unpaired) electrons. The number of oxazole rings is 1. The van der Waals surface area contributed by atoms with Crippen LogP contribution in [-0.2, 0) is 5.54 Å². The largest absolute Gasteiger partial charge is 0.438 e. The number of nitrogens with one attached hydrogen (secondary N) is 1. The molecule has 0 spiro atoms. The molecular formula is C26H23F2N3O2. The summed E-state index contributed by atoms with van der Waals surface area (Å²) in [6, 6.07) is 12.9. The lowest BCUT2D eigenvalue weighted by Crippen LogP contribution is -2.24. The zero-order chi connectivity index (χ0) is 23.3. The van der Waals surface area contributed by atoms with Gasteiger partial charge in [-0.05, 0) is 63.1 Å². The molecule has 0 atom stereocenters. The van der Waals surface area contributed by atoms with E-state index in [1.54, 1.807) is 16.8 Å². The number of aryl methyl sites for hydroxylation is 2. The van der Waals surface area contributed by atoms with E-state index < -0.39 is 17.2 Å². The summed E-state index contributed by atoms with van der Waals surface area (Å²) in [5.74, 6) is -1.41. The molecule has 2 heterocycles. The lowest BCUT2D eigenvalue weighted by molar-refractivity contribution is 0.406. The van der Waals surface area contributed by atoms with Crippen LogP contribution in [0.5, 0.6) is 0 Å². The molecule has 7 heteroatoms. The molecule has 33 heavy (non-hydrogen) atoms. The number of halogens is 2. The van der Waals surface area contributed by atoms with E-state index in [9.17, 15) is 13.6 Å². The molecule has 1 N–H and O–H groups in total. The molecule has 1 fully saturated rings. The second-order valence-corrected chi connectivity index (χ2v) is 8.50. The van der Waals surface area contributed by atoms with Gasteiger partial charge in [-0.2, -0.15) is 0 Å². The molecule has 0 saturated heterocycles. The van der Waals surface area contributed by atoms with Crippen molar-refractivity contribution in [3.05, 3.63) is 93.7 Å². The summed E-state index contributed by atoms with van der Waals surface area (Å²) in [6.45, 7) is 3.87. The molecule has 5 rings (SSSR count). The lowest BCUT2D eigenvalue weighted by Gasteiger charge is -2.13. The van der Waals surface area contributed by atoms with E-state index in [0.29, 0.717) is 17.1 Å². The second kappa shape index (κ2) is 7.78. The monoisotopic (exact) mass is 447 g/mol. The Labute approximate surface area is 189 Å². The Morgan fingerprint density at radius 1 is 1.03 bits per heavy atom. The van der Waals surface area contributed by atoms with E-state index in [1.165, 1.54) is 18.2 Å². The number of rotatable bonds is 5. The van der Waals surface area contributed by atoms with Crippen LogP contribution >= 0.6 is 0 Å². The first-order valence-corrected chi connectivity index (χ1v) is 10.8. The molecule has 5 nitrogen and oxygen atoms in total. The Kier molecular flexibility index (Phi) is 5.01. The number of hydrogen-bond acceptors (Lipinski definition) is 4. The van der Waals surface area contributed by atoms with Crippen molar-refractivity contribution in [2.24, 2.45) is 0 Å². The molecular weight excluding hydrogens is 424 g/mol. The maximum Gasteiger partial charge on any atom is 0.255 e. The van der Waals surface area contributed by atoms with Crippen molar-refractivity contribution in [1.82, 2.24) is 14.9 Å². The second-order valence-electron chi connectivity index (χ2n) is 8.50. The summed E-state index contributed by atoms with van der Waals surface area (Å²) in [7, 11) is 1.82. The Morgan fingerprint density at radius 2 is 1.73 bits per heavy atom. The molecule has 0 unspecified atom stereocenters. The first-order chi connectivity index (χ1) is 15.8. The summed E-state index contributed by atoms with van der Waals surface area (Å²) in [5, 5.41) is 3.22. The molecule has 0 amide bonds. The Bertz CT molecular complexity index is 1410. The van der Waals surface area contributed by atoms with Crippen LogP contribution in [0.2, 0.25) is 0 Å². The minimum Gasteiger partial charge on any atom is -0.438 e. The Hall–Kier alpha value is -3.58. The summed E-state index contributed by atoms with van der Waals surface area (Å²) in [5.41, 5.74) is 2.96. The van der Waals surface area contributed by atoms with Gasteiger partial charge in [0.25, 0.3) is 5.56 Å².